The first-order valence-corrected chi connectivity index (χ1v) is 9.86. The molecule has 1 amide bonds. The minimum absolute atomic E-state index is 0.0779. The Hall–Kier alpha value is -2.34. The molecule has 2 aromatic heterocycles. The van der Waals surface area contributed by atoms with Crippen molar-refractivity contribution in [2.45, 2.75) is 38.6 Å². The van der Waals surface area contributed by atoms with Crippen molar-refractivity contribution in [1.82, 2.24) is 10.3 Å². The van der Waals surface area contributed by atoms with Crippen molar-refractivity contribution in [3.05, 3.63) is 29.1 Å². The van der Waals surface area contributed by atoms with E-state index in [1.165, 1.54) is 30.6 Å². The number of benzene rings is 1. The normalized spacial score (nSPS) is 20.4. The number of nitrogens with zero attached hydrogens (tertiary/aromatic N) is 1. The molecule has 5 nitrogen and oxygen atoms in total. The van der Waals surface area contributed by atoms with Crippen LogP contribution >= 0.6 is 11.3 Å². The standard InChI is InChI=1S/C20H23N3O2S/c1-11-5-3-4-6-15(11)22-19(24)18-17(21)14-10-12-9-13(25-2)7-8-16(12)23-20(14)26-18/h7-11,15H,3-6,21H2,1-2H3,(H,22,24)/t11-,15+/m1/s1. The third kappa shape index (κ3) is 2.98. The number of anilines is 1. The van der Waals surface area contributed by atoms with E-state index in [-0.39, 0.29) is 11.9 Å². The van der Waals surface area contributed by atoms with E-state index in [0.717, 1.165) is 33.3 Å². The number of methoxy groups -OCH3 is 1. The number of nitrogen functional groups attached to an aromatic ring is 1. The molecule has 3 aromatic rings. The fourth-order valence-corrected chi connectivity index (χ4v) is 4.73. The van der Waals surface area contributed by atoms with Gasteiger partial charge in [-0.25, -0.2) is 4.98 Å². The minimum atomic E-state index is -0.0779. The Morgan fingerprint density at radius 3 is 2.88 bits per heavy atom. The van der Waals surface area contributed by atoms with Crippen LogP contribution in [0.4, 0.5) is 5.69 Å². The molecule has 1 aliphatic carbocycles. The van der Waals surface area contributed by atoms with Gasteiger partial charge in [0.15, 0.2) is 0 Å². The maximum absolute atomic E-state index is 12.8. The number of aromatic nitrogens is 1. The summed E-state index contributed by atoms with van der Waals surface area (Å²) in [5.74, 6) is 1.21. The van der Waals surface area contributed by atoms with E-state index in [1.54, 1.807) is 7.11 Å². The van der Waals surface area contributed by atoms with Crippen molar-refractivity contribution in [2.24, 2.45) is 5.92 Å². The molecule has 0 aliphatic heterocycles. The minimum Gasteiger partial charge on any atom is -0.497 e. The molecule has 1 saturated carbocycles. The molecule has 1 aromatic carbocycles. The second-order valence-corrected chi connectivity index (χ2v) is 8.09. The number of thiophene rings is 1. The van der Waals surface area contributed by atoms with Crippen LogP contribution in [0.1, 0.15) is 42.3 Å². The number of nitrogens with two attached hydrogens (primary N) is 1. The molecule has 6 heteroatoms. The second-order valence-electron chi connectivity index (χ2n) is 7.09. The molecule has 26 heavy (non-hydrogen) atoms. The monoisotopic (exact) mass is 369 g/mol. The van der Waals surface area contributed by atoms with Gasteiger partial charge in [0.25, 0.3) is 5.91 Å². The van der Waals surface area contributed by atoms with Gasteiger partial charge in [-0.1, -0.05) is 19.8 Å². The van der Waals surface area contributed by atoms with Crippen molar-refractivity contribution >= 4 is 44.1 Å². The molecular weight excluding hydrogens is 346 g/mol. The number of ether oxygens (including phenoxy) is 1. The lowest BCUT2D eigenvalue weighted by molar-refractivity contribution is 0.0915. The Morgan fingerprint density at radius 2 is 2.12 bits per heavy atom. The summed E-state index contributed by atoms with van der Waals surface area (Å²) in [6, 6.07) is 7.97. The van der Waals surface area contributed by atoms with E-state index in [2.05, 4.69) is 17.2 Å². The van der Waals surface area contributed by atoms with Gasteiger partial charge in [-0.2, -0.15) is 0 Å². The molecule has 0 unspecified atom stereocenters. The Bertz CT molecular complexity index is 982. The number of hydrogen-bond donors (Lipinski definition) is 2. The maximum atomic E-state index is 12.8. The lowest BCUT2D eigenvalue weighted by Gasteiger charge is -2.29. The summed E-state index contributed by atoms with van der Waals surface area (Å²) in [6.45, 7) is 2.21. The van der Waals surface area contributed by atoms with Gasteiger partial charge in [0.05, 0.1) is 18.3 Å². The maximum Gasteiger partial charge on any atom is 0.263 e. The second kappa shape index (κ2) is 6.76. The summed E-state index contributed by atoms with van der Waals surface area (Å²) in [7, 11) is 1.64. The first-order chi connectivity index (χ1) is 12.6. The van der Waals surface area contributed by atoms with E-state index < -0.39 is 0 Å². The number of carbonyl (C=O) groups excluding carboxylic acids is 1. The fourth-order valence-electron chi connectivity index (χ4n) is 3.74. The van der Waals surface area contributed by atoms with Crippen LogP contribution in [-0.2, 0) is 0 Å². The predicted molar refractivity (Wildman–Crippen MR) is 107 cm³/mol. The average Bonchev–Trinajstić information content (AvgIpc) is 2.97. The summed E-state index contributed by atoms with van der Waals surface area (Å²) in [6.07, 6.45) is 4.63. The van der Waals surface area contributed by atoms with E-state index in [1.807, 2.05) is 24.3 Å². The average molecular weight is 369 g/mol. The zero-order valence-corrected chi connectivity index (χ0v) is 15.9. The summed E-state index contributed by atoms with van der Waals surface area (Å²) < 4.78 is 5.28. The van der Waals surface area contributed by atoms with Gasteiger partial charge in [-0.3, -0.25) is 4.79 Å². The van der Waals surface area contributed by atoms with Gasteiger partial charge < -0.3 is 15.8 Å². The van der Waals surface area contributed by atoms with Crippen LogP contribution in [0.3, 0.4) is 0 Å². The quantitative estimate of drug-likeness (QED) is 0.719. The highest BCUT2D eigenvalue weighted by atomic mass is 32.1. The van der Waals surface area contributed by atoms with Crippen LogP contribution in [0, 0.1) is 5.92 Å². The third-order valence-electron chi connectivity index (χ3n) is 5.35. The van der Waals surface area contributed by atoms with Crippen LogP contribution < -0.4 is 15.8 Å². The summed E-state index contributed by atoms with van der Waals surface area (Å²) in [5.41, 5.74) is 7.70. The van der Waals surface area contributed by atoms with Gasteiger partial charge in [-0.05, 0) is 43.0 Å². The van der Waals surface area contributed by atoms with E-state index in [9.17, 15) is 4.79 Å². The predicted octanol–water partition coefficient (Wildman–Crippen LogP) is 4.35. The highest BCUT2D eigenvalue weighted by Crippen LogP contribution is 2.35. The summed E-state index contributed by atoms with van der Waals surface area (Å²) in [5, 5.41) is 4.97. The van der Waals surface area contributed by atoms with Gasteiger partial charge >= 0.3 is 0 Å². The number of hydrogen-bond acceptors (Lipinski definition) is 5. The highest BCUT2D eigenvalue weighted by Gasteiger charge is 2.25. The van der Waals surface area contributed by atoms with Crippen molar-refractivity contribution in [2.75, 3.05) is 12.8 Å². The van der Waals surface area contributed by atoms with Gasteiger partial charge in [0, 0.05) is 16.8 Å². The van der Waals surface area contributed by atoms with Gasteiger partial charge in [0.2, 0.25) is 0 Å². The van der Waals surface area contributed by atoms with Crippen LogP contribution in [0.25, 0.3) is 21.1 Å². The van der Waals surface area contributed by atoms with Crippen molar-refractivity contribution in [3.8, 4) is 5.75 Å². The molecule has 0 saturated heterocycles. The summed E-state index contributed by atoms with van der Waals surface area (Å²) >= 11 is 1.37. The van der Waals surface area contributed by atoms with Crippen molar-refractivity contribution in [1.29, 1.82) is 0 Å². The molecule has 3 N–H and O–H groups in total. The number of amides is 1. The first-order valence-electron chi connectivity index (χ1n) is 9.04. The number of nitrogens with one attached hydrogen (secondary N) is 1. The SMILES string of the molecule is COc1ccc2nc3sc(C(=O)N[C@H]4CCCC[C@H]4C)c(N)c3cc2c1. The van der Waals surface area contributed by atoms with Crippen molar-refractivity contribution < 1.29 is 9.53 Å². The molecular formula is C20H23N3O2S. The smallest absolute Gasteiger partial charge is 0.263 e. The summed E-state index contributed by atoms with van der Waals surface area (Å²) in [4.78, 5) is 18.9. The molecule has 1 aliphatic rings. The lowest BCUT2D eigenvalue weighted by atomic mass is 9.86. The Kier molecular flexibility index (Phi) is 4.44. The lowest BCUT2D eigenvalue weighted by Crippen LogP contribution is -2.40. The van der Waals surface area contributed by atoms with E-state index >= 15 is 0 Å². The largest absolute Gasteiger partial charge is 0.497 e. The topological polar surface area (TPSA) is 77.2 Å². The zero-order valence-electron chi connectivity index (χ0n) is 15.0. The van der Waals surface area contributed by atoms with Crippen LogP contribution in [-0.4, -0.2) is 24.0 Å². The molecule has 4 rings (SSSR count). The van der Waals surface area contributed by atoms with Crippen LogP contribution in [0.5, 0.6) is 5.75 Å². The Balaban J connectivity index is 1.70. The van der Waals surface area contributed by atoms with Gasteiger partial charge in [-0.15, -0.1) is 11.3 Å². The number of carbonyl (C=O) groups is 1. The molecule has 0 radical (unpaired) electrons. The number of fused-ring (bicyclic) bond motifs is 2. The first kappa shape index (κ1) is 17.1. The number of rotatable bonds is 3. The van der Waals surface area contributed by atoms with Crippen LogP contribution in [0.2, 0.25) is 0 Å². The molecule has 0 bridgehead atoms. The third-order valence-corrected chi connectivity index (χ3v) is 6.47. The zero-order chi connectivity index (χ0) is 18.3. The Labute approximate surface area is 156 Å². The molecule has 0 spiro atoms. The Morgan fingerprint density at radius 1 is 1.31 bits per heavy atom. The molecule has 2 heterocycles. The van der Waals surface area contributed by atoms with Crippen LogP contribution in [0.15, 0.2) is 24.3 Å². The molecule has 2 atom stereocenters. The van der Waals surface area contributed by atoms with E-state index in [4.69, 9.17) is 10.5 Å². The number of pyridine rings is 1. The van der Waals surface area contributed by atoms with Gasteiger partial charge in [0.1, 0.15) is 15.5 Å². The fraction of sp³-hybridized carbons (Fsp3) is 0.400. The molecule has 1 fully saturated rings. The van der Waals surface area contributed by atoms with Crippen molar-refractivity contribution in [3.63, 3.8) is 0 Å². The van der Waals surface area contributed by atoms with E-state index in [0.29, 0.717) is 16.5 Å². The molecule has 136 valence electrons. The highest BCUT2D eigenvalue weighted by molar-refractivity contribution is 7.21.